The third-order valence-electron chi connectivity index (χ3n) is 2.41. The third kappa shape index (κ3) is 2.14. The van der Waals surface area contributed by atoms with Gasteiger partial charge in [-0.2, -0.15) is 4.99 Å². The summed E-state index contributed by atoms with van der Waals surface area (Å²) in [6.45, 7) is -3.57. The van der Waals surface area contributed by atoms with E-state index in [4.69, 9.17) is 0 Å². The quantitative estimate of drug-likeness (QED) is 0.564. The zero-order valence-corrected chi connectivity index (χ0v) is 8.42. The Hall–Kier alpha value is -1.61. The Kier molecular flexibility index (Phi) is 4.26. The Morgan fingerprint density at radius 2 is 1.69 bits per heavy atom. The summed E-state index contributed by atoms with van der Waals surface area (Å²) < 4.78 is 38.4. The summed E-state index contributed by atoms with van der Waals surface area (Å²) in [5.74, 6) is 0. The lowest BCUT2D eigenvalue weighted by Crippen LogP contribution is -2.34. The predicted octanol–water partition coefficient (Wildman–Crippen LogP) is 2.80. The second-order valence-electron chi connectivity index (χ2n) is 3.40. The summed E-state index contributed by atoms with van der Waals surface area (Å²) in [4.78, 5) is 13.5. The molecule has 16 heavy (non-hydrogen) atoms. The van der Waals surface area contributed by atoms with E-state index in [9.17, 15) is 18.0 Å². The van der Waals surface area contributed by atoms with Crippen molar-refractivity contribution in [2.75, 3.05) is 20.0 Å². The number of hydrogen-bond acceptors (Lipinski definition) is 2. The number of halogens is 3. The van der Waals surface area contributed by atoms with Crippen LogP contribution in [0.4, 0.5) is 18.9 Å². The summed E-state index contributed by atoms with van der Waals surface area (Å²) in [6.07, 6.45) is 1.28. The van der Waals surface area contributed by atoms with Crippen molar-refractivity contribution in [2.45, 2.75) is 5.41 Å². The molecule has 0 aliphatic heterocycles. The number of hydrogen-bond donors (Lipinski definition) is 0. The number of alkyl halides is 3. The molecule has 0 aromatic heterocycles. The maximum Gasteiger partial charge on any atom is 0.240 e. The Bertz CT molecular complexity index is 390. The second kappa shape index (κ2) is 5.47. The number of isocyanates is 1. The molecule has 1 aromatic carbocycles. The summed E-state index contributed by atoms with van der Waals surface area (Å²) in [5.41, 5.74) is -1.77. The minimum atomic E-state index is -1.86. The lowest BCUT2D eigenvalue weighted by Gasteiger charge is -2.25. The topological polar surface area (TPSA) is 29.4 Å². The highest BCUT2D eigenvalue weighted by molar-refractivity contribution is 5.56. The van der Waals surface area contributed by atoms with Gasteiger partial charge in [-0.05, 0) is 11.6 Å². The van der Waals surface area contributed by atoms with Crippen LogP contribution in [0.1, 0.15) is 5.56 Å². The van der Waals surface area contributed by atoms with Gasteiger partial charge in [-0.3, -0.25) is 0 Å². The molecule has 86 valence electrons. The van der Waals surface area contributed by atoms with Crippen molar-refractivity contribution in [2.24, 2.45) is 4.99 Å². The standard InChI is InChI=1S/C11H10F3NO/c12-5-11(6-13,7-14)9-3-1-2-4-10(9)15-8-16/h1-4H,5-7H2. The van der Waals surface area contributed by atoms with E-state index in [1.807, 2.05) is 0 Å². The highest BCUT2D eigenvalue weighted by Gasteiger charge is 2.35. The van der Waals surface area contributed by atoms with E-state index in [1.54, 1.807) is 6.07 Å². The van der Waals surface area contributed by atoms with Gasteiger partial charge in [-0.1, -0.05) is 18.2 Å². The molecule has 0 heterocycles. The van der Waals surface area contributed by atoms with Crippen LogP contribution in [0.2, 0.25) is 0 Å². The Balaban J connectivity index is 3.33. The first kappa shape index (κ1) is 12.5. The maximum absolute atomic E-state index is 12.8. The molecule has 0 saturated heterocycles. The fourth-order valence-electron chi connectivity index (χ4n) is 1.39. The summed E-state index contributed by atoms with van der Waals surface area (Å²) in [6, 6.07) is 5.79. The van der Waals surface area contributed by atoms with Gasteiger partial charge in [-0.25, -0.2) is 18.0 Å². The molecular weight excluding hydrogens is 219 g/mol. The Morgan fingerprint density at radius 1 is 1.12 bits per heavy atom. The van der Waals surface area contributed by atoms with Crippen LogP contribution >= 0.6 is 0 Å². The Morgan fingerprint density at radius 3 is 2.19 bits per heavy atom. The summed E-state index contributed by atoms with van der Waals surface area (Å²) in [7, 11) is 0. The Labute approximate surface area is 90.8 Å². The van der Waals surface area contributed by atoms with E-state index < -0.39 is 25.4 Å². The fraction of sp³-hybridized carbons (Fsp3) is 0.364. The molecule has 1 rings (SSSR count). The SMILES string of the molecule is O=C=Nc1ccccc1C(CF)(CF)CF. The summed E-state index contributed by atoms with van der Waals surface area (Å²) in [5, 5.41) is 0. The van der Waals surface area contributed by atoms with Crippen LogP contribution in [0.3, 0.4) is 0 Å². The van der Waals surface area contributed by atoms with Gasteiger partial charge in [0.2, 0.25) is 6.08 Å². The van der Waals surface area contributed by atoms with Crippen molar-refractivity contribution in [3.05, 3.63) is 29.8 Å². The number of para-hydroxylation sites is 1. The number of aliphatic imine (C=N–C) groups is 1. The van der Waals surface area contributed by atoms with Gasteiger partial charge in [0.05, 0.1) is 11.1 Å². The average Bonchev–Trinajstić information content (AvgIpc) is 2.34. The molecule has 0 aliphatic rings. The lowest BCUT2D eigenvalue weighted by atomic mass is 9.83. The molecule has 2 nitrogen and oxygen atoms in total. The van der Waals surface area contributed by atoms with Gasteiger partial charge < -0.3 is 0 Å². The van der Waals surface area contributed by atoms with Crippen LogP contribution in [0.15, 0.2) is 29.3 Å². The highest BCUT2D eigenvalue weighted by atomic mass is 19.1. The van der Waals surface area contributed by atoms with Crippen molar-refractivity contribution in [1.29, 1.82) is 0 Å². The molecule has 0 bridgehead atoms. The van der Waals surface area contributed by atoms with E-state index in [2.05, 4.69) is 4.99 Å². The molecular formula is C11H10F3NO. The number of nitrogens with zero attached hydrogens (tertiary/aromatic N) is 1. The normalized spacial score (nSPS) is 10.9. The van der Waals surface area contributed by atoms with E-state index >= 15 is 0 Å². The number of carbonyl (C=O) groups excluding carboxylic acids is 1. The van der Waals surface area contributed by atoms with E-state index in [1.165, 1.54) is 24.3 Å². The van der Waals surface area contributed by atoms with Gasteiger partial charge in [0.1, 0.15) is 20.0 Å². The maximum atomic E-state index is 12.8. The highest BCUT2D eigenvalue weighted by Crippen LogP contribution is 2.33. The number of rotatable bonds is 5. The zero-order chi connectivity index (χ0) is 12.0. The molecule has 0 unspecified atom stereocenters. The average molecular weight is 229 g/mol. The molecule has 0 amide bonds. The zero-order valence-electron chi connectivity index (χ0n) is 8.42. The van der Waals surface area contributed by atoms with Gasteiger partial charge in [0.15, 0.2) is 0 Å². The van der Waals surface area contributed by atoms with Crippen LogP contribution in [0.25, 0.3) is 0 Å². The van der Waals surface area contributed by atoms with Gasteiger partial charge in [-0.15, -0.1) is 0 Å². The molecule has 1 aromatic rings. The minimum Gasteiger partial charge on any atom is -0.250 e. The molecule has 0 N–H and O–H groups in total. The monoisotopic (exact) mass is 229 g/mol. The van der Waals surface area contributed by atoms with Crippen LogP contribution in [-0.4, -0.2) is 26.1 Å². The van der Waals surface area contributed by atoms with Crippen molar-refractivity contribution in [3.8, 4) is 0 Å². The van der Waals surface area contributed by atoms with Crippen LogP contribution in [0, 0.1) is 0 Å². The van der Waals surface area contributed by atoms with Crippen LogP contribution in [0.5, 0.6) is 0 Å². The van der Waals surface area contributed by atoms with E-state index in [-0.39, 0.29) is 11.3 Å². The first-order chi connectivity index (χ1) is 7.74. The van der Waals surface area contributed by atoms with Crippen molar-refractivity contribution in [3.63, 3.8) is 0 Å². The van der Waals surface area contributed by atoms with E-state index in [0.29, 0.717) is 0 Å². The first-order valence-corrected chi connectivity index (χ1v) is 4.59. The molecule has 0 radical (unpaired) electrons. The van der Waals surface area contributed by atoms with Crippen LogP contribution < -0.4 is 0 Å². The fourth-order valence-corrected chi connectivity index (χ4v) is 1.39. The van der Waals surface area contributed by atoms with Crippen molar-refractivity contribution < 1.29 is 18.0 Å². The lowest BCUT2D eigenvalue weighted by molar-refractivity contribution is 0.192. The molecule has 5 heteroatoms. The third-order valence-corrected chi connectivity index (χ3v) is 2.41. The molecule has 0 fully saturated rings. The smallest absolute Gasteiger partial charge is 0.240 e. The van der Waals surface area contributed by atoms with Gasteiger partial charge in [0.25, 0.3) is 0 Å². The number of benzene rings is 1. The van der Waals surface area contributed by atoms with Crippen LogP contribution in [-0.2, 0) is 10.2 Å². The van der Waals surface area contributed by atoms with Crippen molar-refractivity contribution >= 4 is 11.8 Å². The molecule has 0 saturated carbocycles. The molecule has 0 spiro atoms. The largest absolute Gasteiger partial charge is 0.250 e. The van der Waals surface area contributed by atoms with Crippen molar-refractivity contribution in [1.82, 2.24) is 0 Å². The molecule has 0 aliphatic carbocycles. The van der Waals surface area contributed by atoms with E-state index in [0.717, 1.165) is 0 Å². The van der Waals surface area contributed by atoms with Gasteiger partial charge in [0, 0.05) is 0 Å². The predicted molar refractivity (Wildman–Crippen MR) is 53.8 cm³/mol. The first-order valence-electron chi connectivity index (χ1n) is 4.59. The molecule has 0 atom stereocenters. The second-order valence-corrected chi connectivity index (χ2v) is 3.40. The minimum absolute atomic E-state index is 0.0467. The summed E-state index contributed by atoms with van der Waals surface area (Å²) >= 11 is 0. The van der Waals surface area contributed by atoms with Gasteiger partial charge >= 0.3 is 0 Å².